The van der Waals surface area contributed by atoms with Crippen LogP contribution in [0, 0.1) is 20.8 Å². The lowest BCUT2D eigenvalue weighted by atomic mass is 10.1. The molecule has 0 atom stereocenters. The molecule has 1 aromatic heterocycles. The highest BCUT2D eigenvalue weighted by molar-refractivity contribution is 6.06. The Bertz CT molecular complexity index is 1200. The Morgan fingerprint density at radius 2 is 1.58 bits per heavy atom. The number of piperazine rings is 1. The van der Waals surface area contributed by atoms with Crippen molar-refractivity contribution in [3.05, 3.63) is 82.5 Å². The first kappa shape index (κ1) is 22.3. The van der Waals surface area contributed by atoms with Crippen molar-refractivity contribution in [2.45, 2.75) is 20.8 Å². The molecule has 2 N–H and O–H groups in total. The highest BCUT2D eigenvalue weighted by Gasteiger charge is 2.24. The van der Waals surface area contributed by atoms with Crippen LogP contribution in [0.15, 0.2) is 54.7 Å². The number of aromatic carboxylic acids is 1. The van der Waals surface area contributed by atoms with Gasteiger partial charge in [-0.05, 0) is 55.7 Å². The minimum absolute atomic E-state index is 0.0813. The number of nitrogens with zero attached hydrogens (tertiary/aromatic N) is 3. The summed E-state index contributed by atoms with van der Waals surface area (Å²) in [7, 11) is 0. The summed E-state index contributed by atoms with van der Waals surface area (Å²) < 4.78 is 0. The summed E-state index contributed by atoms with van der Waals surface area (Å²) in [6.45, 7) is 8.92. The molecule has 1 aliphatic rings. The fraction of sp³-hybridized carbons (Fsp3) is 0.269. The van der Waals surface area contributed by atoms with Crippen LogP contribution in [-0.2, 0) is 0 Å². The first-order chi connectivity index (χ1) is 15.8. The fourth-order valence-corrected chi connectivity index (χ4v) is 4.18. The largest absolute Gasteiger partial charge is 0.478 e. The molecule has 4 rings (SSSR count). The maximum Gasteiger partial charge on any atom is 0.339 e. The summed E-state index contributed by atoms with van der Waals surface area (Å²) in [5.41, 5.74) is 5.50. The van der Waals surface area contributed by atoms with Gasteiger partial charge in [0.25, 0.3) is 5.91 Å². The van der Waals surface area contributed by atoms with E-state index in [4.69, 9.17) is 0 Å². The average molecular weight is 445 g/mol. The van der Waals surface area contributed by atoms with E-state index in [0.717, 1.165) is 18.7 Å². The number of anilines is 3. The molecule has 0 spiro atoms. The number of hydrogen-bond acceptors (Lipinski definition) is 5. The first-order valence-electron chi connectivity index (χ1n) is 11.0. The number of rotatable bonds is 5. The van der Waals surface area contributed by atoms with Crippen LogP contribution in [-0.4, -0.2) is 48.1 Å². The summed E-state index contributed by atoms with van der Waals surface area (Å²) in [5.74, 6) is -0.931. The molecular formula is C26H28N4O3. The molecular weight excluding hydrogens is 416 g/mol. The summed E-state index contributed by atoms with van der Waals surface area (Å²) in [6, 6.07) is 15.2. The molecule has 1 saturated heterocycles. The van der Waals surface area contributed by atoms with Crippen LogP contribution in [0.5, 0.6) is 0 Å². The molecule has 1 aliphatic heterocycles. The lowest BCUT2D eigenvalue weighted by Crippen LogP contribution is -2.47. The van der Waals surface area contributed by atoms with Crippen molar-refractivity contribution in [1.82, 2.24) is 4.98 Å². The molecule has 7 nitrogen and oxygen atoms in total. The van der Waals surface area contributed by atoms with Gasteiger partial charge in [0, 0.05) is 37.4 Å². The third-order valence-electron chi connectivity index (χ3n) is 6.03. The summed E-state index contributed by atoms with van der Waals surface area (Å²) in [6.07, 6.45) is 1.52. The number of carboxylic acids is 1. The van der Waals surface area contributed by atoms with Gasteiger partial charge in [-0.15, -0.1) is 0 Å². The zero-order chi connectivity index (χ0) is 23.5. The molecule has 0 saturated carbocycles. The monoisotopic (exact) mass is 444 g/mol. The molecule has 33 heavy (non-hydrogen) atoms. The maximum atomic E-state index is 12.6. The SMILES string of the molecule is Cc1ccc(C)c(N2CCN(c3ncc(NC(=O)c4ccccc4C)cc3C(=O)O)CC2)c1. The van der Waals surface area contributed by atoms with Crippen LogP contribution in [0.3, 0.4) is 0 Å². The predicted molar refractivity (Wildman–Crippen MR) is 131 cm³/mol. The van der Waals surface area contributed by atoms with Gasteiger partial charge in [-0.3, -0.25) is 4.79 Å². The molecule has 7 heteroatoms. The van der Waals surface area contributed by atoms with Crippen LogP contribution in [0.1, 0.15) is 37.4 Å². The number of pyridine rings is 1. The van der Waals surface area contributed by atoms with Gasteiger partial charge in [0.05, 0.1) is 11.9 Å². The first-order valence-corrected chi connectivity index (χ1v) is 11.0. The van der Waals surface area contributed by atoms with Gasteiger partial charge < -0.3 is 20.2 Å². The number of carboxylic acid groups (broad SMARTS) is 1. The molecule has 2 heterocycles. The Morgan fingerprint density at radius 3 is 2.27 bits per heavy atom. The Labute approximate surface area is 193 Å². The van der Waals surface area contributed by atoms with Crippen LogP contribution in [0.4, 0.5) is 17.2 Å². The van der Waals surface area contributed by atoms with Gasteiger partial charge in [0.2, 0.25) is 0 Å². The molecule has 2 aromatic carbocycles. The Kier molecular flexibility index (Phi) is 6.31. The molecule has 3 aromatic rings. The predicted octanol–water partition coefficient (Wildman–Crippen LogP) is 4.28. The molecule has 0 unspecified atom stereocenters. The third-order valence-corrected chi connectivity index (χ3v) is 6.03. The van der Waals surface area contributed by atoms with Gasteiger partial charge >= 0.3 is 5.97 Å². The van der Waals surface area contributed by atoms with E-state index in [2.05, 4.69) is 47.2 Å². The van der Waals surface area contributed by atoms with Gasteiger partial charge in [-0.25, -0.2) is 9.78 Å². The number of aryl methyl sites for hydroxylation is 3. The minimum atomic E-state index is -1.07. The Balaban J connectivity index is 1.51. The number of carbonyl (C=O) groups is 2. The van der Waals surface area contributed by atoms with Crippen LogP contribution in [0.2, 0.25) is 0 Å². The maximum absolute atomic E-state index is 12.6. The molecule has 0 bridgehead atoms. The van der Waals surface area contributed by atoms with E-state index < -0.39 is 5.97 Å². The van der Waals surface area contributed by atoms with E-state index in [1.807, 2.05) is 24.0 Å². The molecule has 1 fully saturated rings. The summed E-state index contributed by atoms with van der Waals surface area (Å²) >= 11 is 0. The summed E-state index contributed by atoms with van der Waals surface area (Å²) in [5, 5.41) is 12.6. The second-order valence-electron chi connectivity index (χ2n) is 8.43. The highest BCUT2D eigenvalue weighted by Crippen LogP contribution is 2.27. The van der Waals surface area contributed by atoms with E-state index in [1.54, 1.807) is 12.1 Å². The quantitative estimate of drug-likeness (QED) is 0.611. The zero-order valence-electron chi connectivity index (χ0n) is 19.1. The van der Waals surface area contributed by atoms with Crippen molar-refractivity contribution in [2.24, 2.45) is 0 Å². The van der Waals surface area contributed by atoms with Gasteiger partial charge in [-0.2, -0.15) is 0 Å². The zero-order valence-corrected chi connectivity index (χ0v) is 19.1. The summed E-state index contributed by atoms with van der Waals surface area (Å²) in [4.78, 5) is 33.4. The van der Waals surface area contributed by atoms with E-state index in [1.165, 1.54) is 29.1 Å². The van der Waals surface area contributed by atoms with Gasteiger partial charge in [0.15, 0.2) is 0 Å². The Morgan fingerprint density at radius 1 is 0.879 bits per heavy atom. The van der Waals surface area contributed by atoms with Crippen molar-refractivity contribution in [3.63, 3.8) is 0 Å². The van der Waals surface area contributed by atoms with Crippen molar-refractivity contribution in [1.29, 1.82) is 0 Å². The van der Waals surface area contributed by atoms with Crippen molar-refractivity contribution in [3.8, 4) is 0 Å². The highest BCUT2D eigenvalue weighted by atomic mass is 16.4. The topological polar surface area (TPSA) is 85.8 Å². The number of carbonyl (C=O) groups excluding carboxylic acids is 1. The van der Waals surface area contributed by atoms with Crippen molar-refractivity contribution < 1.29 is 14.7 Å². The van der Waals surface area contributed by atoms with Crippen LogP contribution in [0.25, 0.3) is 0 Å². The number of hydrogen-bond donors (Lipinski definition) is 2. The minimum Gasteiger partial charge on any atom is -0.478 e. The van der Waals surface area contributed by atoms with Crippen molar-refractivity contribution in [2.75, 3.05) is 41.3 Å². The molecule has 0 radical (unpaired) electrons. The third kappa shape index (κ3) is 4.82. The van der Waals surface area contributed by atoms with Gasteiger partial charge in [0.1, 0.15) is 11.4 Å². The smallest absolute Gasteiger partial charge is 0.339 e. The fourth-order valence-electron chi connectivity index (χ4n) is 4.18. The average Bonchev–Trinajstić information content (AvgIpc) is 2.81. The molecule has 1 amide bonds. The number of aromatic nitrogens is 1. The van der Waals surface area contributed by atoms with Crippen molar-refractivity contribution >= 4 is 29.1 Å². The standard InChI is InChI=1S/C26H28N4O3/c1-17-8-9-19(3)23(14-17)29-10-12-30(13-11-29)24-22(26(32)33)15-20(16-27-24)28-25(31)21-7-5-4-6-18(21)2/h4-9,14-16H,10-13H2,1-3H3,(H,28,31)(H,32,33). The second-order valence-corrected chi connectivity index (χ2v) is 8.43. The molecule has 0 aliphatic carbocycles. The number of nitrogens with one attached hydrogen (secondary N) is 1. The molecule has 170 valence electrons. The normalized spacial score (nSPS) is 13.7. The Hall–Kier alpha value is -3.87. The number of amides is 1. The van der Waals surface area contributed by atoms with E-state index >= 15 is 0 Å². The van der Waals surface area contributed by atoms with Gasteiger partial charge in [-0.1, -0.05) is 30.3 Å². The lowest BCUT2D eigenvalue weighted by Gasteiger charge is -2.38. The van der Waals surface area contributed by atoms with E-state index in [0.29, 0.717) is 30.2 Å². The van der Waals surface area contributed by atoms with E-state index in [9.17, 15) is 14.7 Å². The van der Waals surface area contributed by atoms with E-state index in [-0.39, 0.29) is 11.5 Å². The lowest BCUT2D eigenvalue weighted by molar-refractivity contribution is 0.0696. The number of benzene rings is 2. The van der Waals surface area contributed by atoms with Crippen LogP contribution >= 0.6 is 0 Å². The van der Waals surface area contributed by atoms with Crippen LogP contribution < -0.4 is 15.1 Å². The second kappa shape index (κ2) is 9.32.